The van der Waals surface area contributed by atoms with Gasteiger partial charge in [-0.15, -0.1) is 10.2 Å². The second kappa shape index (κ2) is 10.2. The Balaban J connectivity index is 1.55. The zero-order valence-corrected chi connectivity index (χ0v) is 15.1. The molecule has 24 heavy (non-hydrogen) atoms. The van der Waals surface area contributed by atoms with E-state index < -0.39 is 0 Å². The molecule has 7 nitrogen and oxygen atoms in total. The van der Waals surface area contributed by atoms with Gasteiger partial charge in [0.05, 0.1) is 0 Å². The maximum absolute atomic E-state index is 11.8. The monoisotopic (exact) mass is 353 g/mol. The van der Waals surface area contributed by atoms with Crippen LogP contribution < -0.4 is 16.0 Å². The molecule has 1 aliphatic carbocycles. The van der Waals surface area contributed by atoms with Crippen LogP contribution in [0.1, 0.15) is 63.3 Å². The average Bonchev–Trinajstić information content (AvgIpc) is 3.00. The number of carbonyl (C=O) groups is 2. The van der Waals surface area contributed by atoms with Gasteiger partial charge in [0.2, 0.25) is 11.0 Å². The third-order valence-corrected chi connectivity index (χ3v) is 4.88. The van der Waals surface area contributed by atoms with Crippen molar-refractivity contribution < 1.29 is 9.59 Å². The summed E-state index contributed by atoms with van der Waals surface area (Å²) in [6.45, 7) is 2.57. The van der Waals surface area contributed by atoms with Crippen LogP contribution in [0.15, 0.2) is 0 Å². The summed E-state index contributed by atoms with van der Waals surface area (Å²) in [4.78, 5) is 23.6. The minimum Gasteiger partial charge on any atom is -0.338 e. The van der Waals surface area contributed by atoms with E-state index in [1.165, 1.54) is 30.6 Å². The van der Waals surface area contributed by atoms with Gasteiger partial charge in [-0.2, -0.15) is 0 Å². The van der Waals surface area contributed by atoms with Crippen LogP contribution in [0.25, 0.3) is 0 Å². The lowest BCUT2D eigenvalue weighted by Gasteiger charge is -2.22. The number of aromatic nitrogens is 2. The number of anilines is 1. The van der Waals surface area contributed by atoms with Crippen molar-refractivity contribution >= 4 is 28.4 Å². The molecule has 2 rings (SSSR count). The van der Waals surface area contributed by atoms with Crippen LogP contribution in [-0.2, 0) is 11.2 Å². The lowest BCUT2D eigenvalue weighted by Crippen LogP contribution is -2.43. The van der Waals surface area contributed by atoms with Crippen molar-refractivity contribution in [1.29, 1.82) is 0 Å². The Morgan fingerprint density at radius 1 is 1.21 bits per heavy atom. The fourth-order valence-electron chi connectivity index (χ4n) is 2.73. The first kappa shape index (κ1) is 18.6. The van der Waals surface area contributed by atoms with Crippen molar-refractivity contribution in [2.24, 2.45) is 0 Å². The van der Waals surface area contributed by atoms with Crippen molar-refractivity contribution in [2.45, 2.75) is 70.8 Å². The molecule has 0 saturated heterocycles. The molecule has 0 aliphatic heterocycles. The molecule has 1 aliphatic rings. The van der Waals surface area contributed by atoms with Crippen molar-refractivity contribution in [2.75, 3.05) is 11.9 Å². The molecule has 8 heteroatoms. The zero-order chi connectivity index (χ0) is 17.2. The predicted octanol–water partition coefficient (Wildman–Crippen LogP) is 2.84. The number of hydrogen-bond donors (Lipinski definition) is 3. The number of aryl methyl sites for hydroxylation is 1. The number of carbonyl (C=O) groups excluding carboxylic acids is 2. The van der Waals surface area contributed by atoms with Crippen LogP contribution >= 0.6 is 11.3 Å². The zero-order valence-electron chi connectivity index (χ0n) is 14.3. The van der Waals surface area contributed by atoms with Crippen molar-refractivity contribution in [3.8, 4) is 0 Å². The van der Waals surface area contributed by atoms with E-state index in [1.807, 2.05) is 0 Å². The van der Waals surface area contributed by atoms with Gasteiger partial charge < -0.3 is 16.0 Å². The minimum absolute atomic E-state index is 0.0938. The van der Waals surface area contributed by atoms with E-state index in [9.17, 15) is 9.59 Å². The Labute approximate surface area is 147 Å². The smallest absolute Gasteiger partial charge is 0.315 e. The SMILES string of the molecule is CCCc1nnc(NC(=O)CCCNC(=O)NC2CCCCC2)s1. The molecular weight excluding hydrogens is 326 g/mol. The number of nitrogens with one attached hydrogen (secondary N) is 3. The molecule has 0 aromatic carbocycles. The Morgan fingerprint density at radius 2 is 2.00 bits per heavy atom. The largest absolute Gasteiger partial charge is 0.338 e. The van der Waals surface area contributed by atoms with E-state index in [0.717, 1.165) is 30.7 Å². The normalized spacial score (nSPS) is 15.0. The third-order valence-electron chi connectivity index (χ3n) is 3.98. The quantitative estimate of drug-likeness (QED) is 0.626. The van der Waals surface area contributed by atoms with Gasteiger partial charge in [-0.05, 0) is 25.7 Å². The molecule has 0 radical (unpaired) electrons. The molecule has 1 saturated carbocycles. The molecular formula is C16H27N5O2S. The number of urea groups is 1. The standard InChI is InChI=1S/C16H27N5O2S/c1-2-7-14-20-21-16(24-14)19-13(22)10-6-11-17-15(23)18-12-8-4-3-5-9-12/h12H,2-11H2,1H3,(H2,17,18,23)(H,19,21,22). The Morgan fingerprint density at radius 3 is 2.75 bits per heavy atom. The van der Waals surface area contributed by atoms with Crippen LogP contribution in [0.4, 0.5) is 9.93 Å². The topological polar surface area (TPSA) is 96.0 Å². The highest BCUT2D eigenvalue weighted by Gasteiger charge is 2.15. The highest BCUT2D eigenvalue weighted by atomic mass is 32.1. The molecule has 1 aromatic heterocycles. The van der Waals surface area contributed by atoms with Gasteiger partial charge in [-0.1, -0.05) is 37.5 Å². The fraction of sp³-hybridized carbons (Fsp3) is 0.750. The molecule has 3 N–H and O–H groups in total. The third kappa shape index (κ3) is 6.82. The lowest BCUT2D eigenvalue weighted by atomic mass is 9.96. The summed E-state index contributed by atoms with van der Waals surface area (Å²) in [5, 5.41) is 18.0. The van der Waals surface area contributed by atoms with Crippen molar-refractivity contribution in [3.05, 3.63) is 5.01 Å². The van der Waals surface area contributed by atoms with Crippen molar-refractivity contribution in [3.63, 3.8) is 0 Å². The molecule has 1 heterocycles. The van der Waals surface area contributed by atoms with Crippen LogP contribution in [-0.4, -0.2) is 34.7 Å². The fourth-order valence-corrected chi connectivity index (χ4v) is 3.59. The summed E-state index contributed by atoms with van der Waals surface area (Å²) < 4.78 is 0. The average molecular weight is 353 g/mol. The second-order valence-electron chi connectivity index (χ2n) is 6.14. The summed E-state index contributed by atoms with van der Waals surface area (Å²) in [6.07, 6.45) is 8.63. The number of rotatable bonds is 8. The molecule has 0 atom stereocenters. The van der Waals surface area contributed by atoms with E-state index in [-0.39, 0.29) is 11.9 Å². The van der Waals surface area contributed by atoms with E-state index in [4.69, 9.17) is 0 Å². The van der Waals surface area contributed by atoms with Crippen LogP contribution in [0, 0.1) is 0 Å². The molecule has 0 bridgehead atoms. The highest BCUT2D eigenvalue weighted by Crippen LogP contribution is 2.17. The lowest BCUT2D eigenvalue weighted by molar-refractivity contribution is -0.116. The van der Waals surface area contributed by atoms with Crippen LogP contribution in [0.2, 0.25) is 0 Å². The van der Waals surface area contributed by atoms with Gasteiger partial charge in [0, 0.05) is 25.4 Å². The Kier molecular flexibility index (Phi) is 7.94. The molecule has 0 unspecified atom stereocenters. The number of hydrogen-bond acceptors (Lipinski definition) is 5. The highest BCUT2D eigenvalue weighted by molar-refractivity contribution is 7.15. The van der Waals surface area contributed by atoms with Gasteiger partial charge in [-0.25, -0.2) is 4.79 Å². The number of nitrogens with zero attached hydrogens (tertiary/aromatic N) is 2. The van der Waals surface area contributed by atoms with E-state index in [1.54, 1.807) is 0 Å². The Hall–Kier alpha value is -1.70. The molecule has 3 amide bonds. The first-order valence-corrected chi connectivity index (χ1v) is 9.65. The van der Waals surface area contributed by atoms with Gasteiger partial charge >= 0.3 is 6.03 Å². The van der Waals surface area contributed by atoms with Crippen LogP contribution in [0.3, 0.4) is 0 Å². The predicted molar refractivity (Wildman–Crippen MR) is 95.2 cm³/mol. The van der Waals surface area contributed by atoms with Crippen LogP contribution in [0.5, 0.6) is 0 Å². The van der Waals surface area contributed by atoms with E-state index in [2.05, 4.69) is 33.1 Å². The van der Waals surface area contributed by atoms with Gasteiger partial charge in [0.1, 0.15) is 5.01 Å². The molecule has 0 spiro atoms. The summed E-state index contributed by atoms with van der Waals surface area (Å²) in [5.41, 5.74) is 0. The van der Waals surface area contributed by atoms with Gasteiger partial charge in [0.15, 0.2) is 0 Å². The van der Waals surface area contributed by atoms with E-state index >= 15 is 0 Å². The summed E-state index contributed by atoms with van der Waals surface area (Å²) >= 11 is 1.42. The molecule has 1 fully saturated rings. The maximum atomic E-state index is 11.8. The van der Waals surface area contributed by atoms with Gasteiger partial charge in [-0.3, -0.25) is 4.79 Å². The molecule has 1 aromatic rings. The summed E-state index contributed by atoms with van der Waals surface area (Å²) in [6, 6.07) is 0.174. The second-order valence-corrected chi connectivity index (χ2v) is 7.20. The first-order chi connectivity index (χ1) is 11.7. The summed E-state index contributed by atoms with van der Waals surface area (Å²) in [7, 11) is 0. The van der Waals surface area contributed by atoms with Crippen molar-refractivity contribution in [1.82, 2.24) is 20.8 Å². The molecule has 134 valence electrons. The maximum Gasteiger partial charge on any atom is 0.315 e. The van der Waals surface area contributed by atoms with E-state index in [0.29, 0.717) is 30.6 Å². The first-order valence-electron chi connectivity index (χ1n) is 8.84. The summed E-state index contributed by atoms with van der Waals surface area (Å²) in [5.74, 6) is -0.0938. The Bertz CT molecular complexity index is 528. The minimum atomic E-state index is -0.129. The number of amides is 3. The van der Waals surface area contributed by atoms with Gasteiger partial charge in [0.25, 0.3) is 0 Å².